The molecule has 1 amide bonds. The monoisotopic (exact) mass is 534 g/mol. The average Bonchev–Trinajstić information content (AvgIpc) is 3.10. The van der Waals surface area contributed by atoms with E-state index < -0.39 is 32.8 Å². The van der Waals surface area contributed by atoms with E-state index in [1.165, 1.54) is 24.3 Å². The van der Waals surface area contributed by atoms with Crippen molar-refractivity contribution in [3.63, 3.8) is 0 Å². The second-order valence-electron chi connectivity index (χ2n) is 9.22. The number of halogens is 3. The number of nitrogens with zero attached hydrogens (tertiary/aromatic N) is 4. The molecule has 2 N–H and O–H groups in total. The third-order valence-corrected chi connectivity index (χ3v) is 7.76. The van der Waals surface area contributed by atoms with Gasteiger partial charge in [0.1, 0.15) is 17.3 Å². The van der Waals surface area contributed by atoms with Gasteiger partial charge in [0.05, 0.1) is 17.4 Å². The summed E-state index contributed by atoms with van der Waals surface area (Å²) in [4.78, 5) is 26.8. The van der Waals surface area contributed by atoms with Crippen LogP contribution >= 0.6 is 0 Å². The second-order valence-corrected chi connectivity index (χ2v) is 10.8. The first-order valence-corrected chi connectivity index (χ1v) is 12.8. The van der Waals surface area contributed by atoms with Crippen molar-refractivity contribution in [2.45, 2.75) is 43.9 Å². The molecule has 1 aliphatic rings. The van der Waals surface area contributed by atoms with Crippen LogP contribution in [0.5, 0.6) is 0 Å². The Labute approximate surface area is 212 Å². The van der Waals surface area contributed by atoms with Gasteiger partial charge in [0.25, 0.3) is 15.9 Å². The Morgan fingerprint density at radius 2 is 1.86 bits per heavy atom. The highest BCUT2D eigenvalue weighted by Crippen LogP contribution is 2.38. The molecule has 0 spiro atoms. The summed E-state index contributed by atoms with van der Waals surface area (Å²) in [6.45, 7) is 6.88. The molecule has 4 heterocycles. The molecule has 1 saturated heterocycles. The van der Waals surface area contributed by atoms with Crippen LogP contribution in [0.4, 0.5) is 30.5 Å². The summed E-state index contributed by atoms with van der Waals surface area (Å²) in [5, 5.41) is 2.25. The fraction of sp³-hybridized carbons (Fsp3) is 0.333. The summed E-state index contributed by atoms with van der Waals surface area (Å²) in [6, 6.07) is 9.00. The smallest absolute Gasteiger partial charge is 0.351 e. The van der Waals surface area contributed by atoms with Crippen molar-refractivity contribution in [3.05, 3.63) is 66.1 Å². The Morgan fingerprint density at radius 3 is 2.49 bits per heavy atom. The number of rotatable bonds is 6. The van der Waals surface area contributed by atoms with Crippen LogP contribution in [0.15, 0.2) is 59.9 Å². The van der Waals surface area contributed by atoms with E-state index in [0.29, 0.717) is 18.3 Å². The fourth-order valence-corrected chi connectivity index (χ4v) is 4.98. The minimum Gasteiger partial charge on any atom is -0.351 e. The first kappa shape index (κ1) is 26.3. The van der Waals surface area contributed by atoms with Crippen LogP contribution in [0.3, 0.4) is 0 Å². The normalized spacial score (nSPS) is 17.5. The summed E-state index contributed by atoms with van der Waals surface area (Å²) in [6.07, 6.45) is -1.18. The van der Waals surface area contributed by atoms with Gasteiger partial charge in [0.2, 0.25) is 0 Å². The fourth-order valence-electron chi connectivity index (χ4n) is 4.05. The lowest BCUT2D eigenvalue weighted by molar-refractivity contribution is -0.141. The molecular weight excluding hydrogens is 509 g/mol. The zero-order valence-corrected chi connectivity index (χ0v) is 21.1. The molecule has 1 fully saturated rings. The SMILES string of the molecule is CC1CCN(c2ncccc2C(=O)NS(=O)(=O)c2cccc(Nc3ccc(C(F)(F)F)nc3)n2)C1(C)C. The van der Waals surface area contributed by atoms with E-state index in [4.69, 9.17) is 0 Å². The van der Waals surface area contributed by atoms with Gasteiger partial charge in [-0.05, 0) is 62.6 Å². The molecule has 0 aromatic carbocycles. The minimum absolute atomic E-state index is 0.0340. The molecule has 3 aromatic rings. The molecule has 0 bridgehead atoms. The number of hydrogen-bond donors (Lipinski definition) is 2. The molecule has 9 nitrogen and oxygen atoms in total. The number of aromatic nitrogens is 3. The van der Waals surface area contributed by atoms with Crippen LogP contribution in [0.25, 0.3) is 0 Å². The molecule has 1 aliphatic heterocycles. The highest BCUT2D eigenvalue weighted by molar-refractivity contribution is 7.90. The van der Waals surface area contributed by atoms with Crippen LogP contribution in [0, 0.1) is 5.92 Å². The number of amides is 1. The molecule has 37 heavy (non-hydrogen) atoms. The van der Waals surface area contributed by atoms with E-state index in [1.807, 2.05) is 23.5 Å². The molecule has 13 heteroatoms. The third-order valence-electron chi connectivity index (χ3n) is 6.53. The second kappa shape index (κ2) is 9.61. The van der Waals surface area contributed by atoms with Gasteiger partial charge < -0.3 is 10.2 Å². The summed E-state index contributed by atoms with van der Waals surface area (Å²) in [5.41, 5.74) is -1.07. The first-order chi connectivity index (χ1) is 17.3. The lowest BCUT2D eigenvalue weighted by Crippen LogP contribution is -2.43. The first-order valence-electron chi connectivity index (χ1n) is 11.4. The molecule has 0 aliphatic carbocycles. The summed E-state index contributed by atoms with van der Waals surface area (Å²) in [5.74, 6) is -0.0894. The van der Waals surface area contributed by atoms with Crippen molar-refractivity contribution >= 4 is 33.3 Å². The van der Waals surface area contributed by atoms with Crippen molar-refractivity contribution in [3.8, 4) is 0 Å². The Hall–Kier alpha value is -3.74. The molecule has 196 valence electrons. The van der Waals surface area contributed by atoms with Crippen molar-refractivity contribution < 1.29 is 26.4 Å². The lowest BCUT2D eigenvalue weighted by atomic mass is 9.90. The number of sulfonamides is 1. The van der Waals surface area contributed by atoms with Crippen LogP contribution in [0.1, 0.15) is 43.2 Å². The molecule has 1 unspecified atom stereocenters. The van der Waals surface area contributed by atoms with Gasteiger partial charge in [-0.25, -0.2) is 19.7 Å². The molecular formula is C24H25F3N6O3S. The number of hydrogen-bond acceptors (Lipinski definition) is 8. The van der Waals surface area contributed by atoms with Crippen LogP contribution in [-0.2, 0) is 16.2 Å². The van der Waals surface area contributed by atoms with E-state index >= 15 is 0 Å². The van der Waals surface area contributed by atoms with Crippen molar-refractivity contribution in [2.75, 3.05) is 16.8 Å². The number of alkyl halides is 3. The predicted molar refractivity (Wildman–Crippen MR) is 131 cm³/mol. The highest BCUT2D eigenvalue weighted by Gasteiger charge is 2.40. The van der Waals surface area contributed by atoms with E-state index in [0.717, 1.165) is 24.8 Å². The number of nitrogens with one attached hydrogen (secondary N) is 2. The molecule has 3 aromatic heterocycles. The van der Waals surface area contributed by atoms with Crippen molar-refractivity contribution in [1.82, 2.24) is 19.7 Å². The van der Waals surface area contributed by atoms with Gasteiger partial charge >= 0.3 is 6.18 Å². The number of carbonyl (C=O) groups excluding carboxylic acids is 1. The molecule has 0 saturated carbocycles. The van der Waals surface area contributed by atoms with Crippen molar-refractivity contribution in [1.29, 1.82) is 0 Å². The summed E-state index contributed by atoms with van der Waals surface area (Å²) < 4.78 is 66.2. The van der Waals surface area contributed by atoms with E-state index in [2.05, 4.69) is 27.2 Å². The lowest BCUT2D eigenvalue weighted by Gasteiger charge is -2.36. The zero-order valence-electron chi connectivity index (χ0n) is 20.2. The van der Waals surface area contributed by atoms with Crippen LogP contribution in [0.2, 0.25) is 0 Å². The van der Waals surface area contributed by atoms with Gasteiger partial charge in [-0.2, -0.15) is 21.6 Å². The molecule has 4 rings (SSSR count). The van der Waals surface area contributed by atoms with E-state index in [9.17, 15) is 26.4 Å². The topological polar surface area (TPSA) is 117 Å². The number of carbonyl (C=O) groups is 1. The standard InChI is InChI=1S/C24H25F3N6O3S/c1-15-11-13-33(23(15,2)3)21-17(6-5-12-28-21)22(34)32-37(35,36)20-8-4-7-19(31-20)30-16-9-10-18(29-14-16)24(25,26)27/h4-10,12,14-15H,11,13H2,1-3H3,(H,30,31)(H,32,34). The van der Waals surface area contributed by atoms with Crippen LogP contribution < -0.4 is 14.9 Å². The minimum atomic E-state index is -4.58. The molecule has 0 radical (unpaired) electrons. The average molecular weight is 535 g/mol. The quantitative estimate of drug-likeness (QED) is 0.479. The largest absolute Gasteiger partial charge is 0.433 e. The number of pyridine rings is 3. The van der Waals surface area contributed by atoms with Gasteiger partial charge in [-0.3, -0.25) is 4.79 Å². The predicted octanol–water partition coefficient (Wildman–Crippen LogP) is 4.38. The summed E-state index contributed by atoms with van der Waals surface area (Å²) >= 11 is 0. The van der Waals surface area contributed by atoms with Gasteiger partial charge in [-0.15, -0.1) is 0 Å². The maximum Gasteiger partial charge on any atom is 0.433 e. The van der Waals surface area contributed by atoms with E-state index in [-0.39, 0.29) is 22.6 Å². The van der Waals surface area contributed by atoms with Crippen LogP contribution in [-0.4, -0.2) is 41.4 Å². The molecule has 1 atom stereocenters. The van der Waals surface area contributed by atoms with E-state index in [1.54, 1.807) is 12.3 Å². The third kappa shape index (κ3) is 5.50. The Kier molecular flexibility index (Phi) is 6.84. The van der Waals surface area contributed by atoms with Crippen molar-refractivity contribution in [2.24, 2.45) is 5.92 Å². The maximum absolute atomic E-state index is 13.1. The number of anilines is 3. The highest BCUT2D eigenvalue weighted by atomic mass is 32.2. The Morgan fingerprint density at radius 1 is 1.11 bits per heavy atom. The Bertz CT molecular complexity index is 1410. The van der Waals surface area contributed by atoms with Gasteiger partial charge in [-0.1, -0.05) is 13.0 Å². The maximum atomic E-state index is 13.1. The Balaban J connectivity index is 1.54. The summed E-state index contributed by atoms with van der Waals surface area (Å²) in [7, 11) is -4.39. The zero-order chi connectivity index (χ0) is 27.0. The van der Waals surface area contributed by atoms with Gasteiger partial charge in [0.15, 0.2) is 5.03 Å². The van der Waals surface area contributed by atoms with Gasteiger partial charge in [0, 0.05) is 18.3 Å².